The van der Waals surface area contributed by atoms with Gasteiger partial charge in [0.05, 0.1) is 0 Å². The highest BCUT2D eigenvalue weighted by Gasteiger charge is 2.38. The first-order valence-electron chi connectivity index (χ1n) is 8.10. The molecule has 8 heteroatoms. The summed E-state index contributed by atoms with van der Waals surface area (Å²) in [4.78, 5) is 8.90. The average Bonchev–Trinajstić information content (AvgIpc) is 2.90. The molecule has 0 unspecified atom stereocenters. The third-order valence-corrected chi connectivity index (χ3v) is 4.91. The van der Waals surface area contributed by atoms with Gasteiger partial charge < -0.3 is 15.2 Å². The van der Waals surface area contributed by atoms with Crippen molar-refractivity contribution in [2.45, 2.75) is 12.7 Å². The summed E-state index contributed by atoms with van der Waals surface area (Å²) >= 11 is 1.79. The Morgan fingerprint density at radius 1 is 1.11 bits per heavy atom. The van der Waals surface area contributed by atoms with E-state index in [9.17, 15) is 13.2 Å². The fraction of sp³-hybridized carbons (Fsp3) is 0.211. The molecule has 1 aromatic heterocycles. The van der Waals surface area contributed by atoms with E-state index in [1.165, 1.54) is 26.8 Å². The number of carbonyl (C=O) groups is 1. The van der Waals surface area contributed by atoms with Gasteiger partial charge in [0.2, 0.25) is 0 Å². The maximum atomic E-state index is 10.6. The molecule has 1 aliphatic rings. The quantitative estimate of drug-likeness (QED) is 0.628. The Balaban J connectivity index is 0.000000260. The van der Waals surface area contributed by atoms with Crippen LogP contribution in [0.5, 0.6) is 5.75 Å². The summed E-state index contributed by atoms with van der Waals surface area (Å²) in [6, 6.07) is 15.0. The molecule has 0 fully saturated rings. The van der Waals surface area contributed by atoms with E-state index >= 15 is 0 Å². The van der Waals surface area contributed by atoms with Gasteiger partial charge in [-0.15, -0.1) is 11.3 Å². The van der Waals surface area contributed by atoms with Gasteiger partial charge in [-0.3, -0.25) is 0 Å². The third-order valence-electron chi connectivity index (χ3n) is 3.95. The Bertz CT molecular complexity index is 953. The van der Waals surface area contributed by atoms with Gasteiger partial charge in [-0.05, 0) is 11.4 Å². The van der Waals surface area contributed by atoms with E-state index in [1.807, 2.05) is 0 Å². The molecule has 0 saturated heterocycles. The van der Waals surface area contributed by atoms with Gasteiger partial charge in [-0.1, -0.05) is 36.4 Å². The van der Waals surface area contributed by atoms with Crippen molar-refractivity contribution in [2.24, 2.45) is 0 Å². The fourth-order valence-corrected chi connectivity index (χ4v) is 3.70. The van der Waals surface area contributed by atoms with Crippen LogP contribution in [0.3, 0.4) is 0 Å². The van der Waals surface area contributed by atoms with E-state index in [-0.39, 0.29) is 0 Å². The number of ether oxygens (including phenoxy) is 1. The van der Waals surface area contributed by atoms with Crippen LogP contribution in [0.2, 0.25) is 0 Å². The van der Waals surface area contributed by atoms with E-state index < -0.39 is 12.1 Å². The van der Waals surface area contributed by atoms with E-state index in [0.29, 0.717) is 0 Å². The number of halogens is 3. The molecule has 1 aliphatic heterocycles. The van der Waals surface area contributed by atoms with Crippen molar-refractivity contribution in [3.8, 4) is 16.9 Å². The molecule has 3 aromatic rings. The van der Waals surface area contributed by atoms with Crippen molar-refractivity contribution in [2.75, 3.05) is 13.2 Å². The smallest absolute Gasteiger partial charge is 0.490 e. The average molecular weight is 395 g/mol. The zero-order chi connectivity index (χ0) is 19.4. The Morgan fingerprint density at radius 2 is 1.85 bits per heavy atom. The highest BCUT2D eigenvalue weighted by atomic mass is 32.1. The molecule has 2 N–H and O–H groups in total. The number of aliphatic carboxylic acids is 1. The zero-order valence-corrected chi connectivity index (χ0v) is 14.9. The number of hydrogen-bond donors (Lipinski definition) is 2. The van der Waals surface area contributed by atoms with Crippen LogP contribution in [-0.2, 0) is 11.3 Å². The number of hydrogen-bond acceptors (Lipinski definition) is 4. The van der Waals surface area contributed by atoms with E-state index in [0.717, 1.165) is 25.4 Å². The van der Waals surface area contributed by atoms with Gasteiger partial charge in [-0.25, -0.2) is 4.79 Å². The van der Waals surface area contributed by atoms with Crippen LogP contribution >= 0.6 is 11.3 Å². The lowest BCUT2D eigenvalue weighted by molar-refractivity contribution is -0.192. The summed E-state index contributed by atoms with van der Waals surface area (Å²) in [5.41, 5.74) is 3.74. The van der Waals surface area contributed by atoms with Gasteiger partial charge >= 0.3 is 12.1 Å². The van der Waals surface area contributed by atoms with Crippen molar-refractivity contribution in [3.63, 3.8) is 0 Å². The molecular weight excluding hydrogens is 379 g/mol. The Kier molecular flexibility index (Phi) is 5.67. The van der Waals surface area contributed by atoms with E-state index in [1.54, 1.807) is 11.3 Å². The lowest BCUT2D eigenvalue weighted by atomic mass is 10.0. The molecule has 0 saturated carbocycles. The lowest BCUT2D eigenvalue weighted by Gasteiger charge is -2.12. The Morgan fingerprint density at radius 3 is 2.59 bits per heavy atom. The first-order chi connectivity index (χ1) is 12.9. The second-order valence-electron chi connectivity index (χ2n) is 5.77. The van der Waals surface area contributed by atoms with Gasteiger partial charge in [0.1, 0.15) is 12.4 Å². The van der Waals surface area contributed by atoms with Gasteiger partial charge in [-0.2, -0.15) is 13.2 Å². The minimum Gasteiger partial charge on any atom is -0.491 e. The molecule has 0 radical (unpaired) electrons. The summed E-state index contributed by atoms with van der Waals surface area (Å²) in [6.45, 7) is 2.51. The molecule has 0 spiro atoms. The molecule has 142 valence electrons. The minimum atomic E-state index is -5.08. The van der Waals surface area contributed by atoms with Crippen LogP contribution in [0, 0.1) is 0 Å². The molecular formula is C19H16F3NO3S. The number of fused-ring (bicyclic) bond motifs is 2. The lowest BCUT2D eigenvalue weighted by Crippen LogP contribution is -2.21. The van der Waals surface area contributed by atoms with Crippen LogP contribution in [-0.4, -0.2) is 30.4 Å². The van der Waals surface area contributed by atoms with Crippen LogP contribution < -0.4 is 10.1 Å². The highest BCUT2D eigenvalue weighted by molar-refractivity contribution is 7.17. The standard InChI is InChI=1S/C17H15NOS.C2HF3O2/c1-2-7-16-13(5-1)15(11-20-16)14-6-3-4-12-10-18-8-9-19-17(12)14;3-2(4,5)1(6)7/h1-7,11,18H,8-10H2;(H,6,7). The summed E-state index contributed by atoms with van der Waals surface area (Å²) in [6.07, 6.45) is -5.08. The molecule has 0 amide bonds. The number of para-hydroxylation sites is 1. The van der Waals surface area contributed by atoms with Crippen molar-refractivity contribution in [3.05, 3.63) is 53.4 Å². The van der Waals surface area contributed by atoms with Crippen LogP contribution in [0.15, 0.2) is 47.8 Å². The molecule has 0 bridgehead atoms. The van der Waals surface area contributed by atoms with Crippen LogP contribution in [0.25, 0.3) is 21.2 Å². The van der Waals surface area contributed by atoms with E-state index in [2.05, 4.69) is 53.2 Å². The minimum absolute atomic E-state index is 0.728. The number of carboxylic acids is 1. The molecule has 4 nitrogen and oxygen atoms in total. The largest absolute Gasteiger partial charge is 0.491 e. The van der Waals surface area contributed by atoms with Crippen LogP contribution in [0.1, 0.15) is 5.56 Å². The summed E-state index contributed by atoms with van der Waals surface area (Å²) < 4.78 is 39.1. The van der Waals surface area contributed by atoms with Crippen molar-refractivity contribution in [1.82, 2.24) is 5.32 Å². The molecule has 4 rings (SSSR count). The molecule has 2 aromatic carbocycles. The van der Waals surface area contributed by atoms with Crippen molar-refractivity contribution in [1.29, 1.82) is 0 Å². The first kappa shape index (κ1) is 19.2. The molecule has 2 heterocycles. The van der Waals surface area contributed by atoms with Crippen molar-refractivity contribution < 1.29 is 27.8 Å². The predicted molar refractivity (Wildman–Crippen MR) is 98.2 cm³/mol. The van der Waals surface area contributed by atoms with E-state index in [4.69, 9.17) is 14.6 Å². The second kappa shape index (κ2) is 7.98. The monoisotopic (exact) mass is 395 g/mol. The van der Waals surface area contributed by atoms with Crippen molar-refractivity contribution >= 4 is 27.4 Å². The SMILES string of the molecule is O=C(O)C(F)(F)F.c1cc2c(c(-c3csc4ccccc34)c1)OCCNC2. The number of nitrogens with one attached hydrogen (secondary N) is 1. The number of rotatable bonds is 1. The Hall–Kier alpha value is -2.58. The molecule has 27 heavy (non-hydrogen) atoms. The van der Waals surface area contributed by atoms with Gasteiger partial charge in [0.15, 0.2) is 0 Å². The topological polar surface area (TPSA) is 58.6 Å². The maximum absolute atomic E-state index is 10.6. The number of alkyl halides is 3. The molecule has 0 atom stereocenters. The fourth-order valence-electron chi connectivity index (χ4n) is 2.74. The van der Waals surface area contributed by atoms with Crippen LogP contribution in [0.4, 0.5) is 13.2 Å². The first-order valence-corrected chi connectivity index (χ1v) is 8.98. The summed E-state index contributed by atoms with van der Waals surface area (Å²) in [5.74, 6) is -1.71. The number of carboxylic acid groups (broad SMARTS) is 1. The summed E-state index contributed by atoms with van der Waals surface area (Å²) in [7, 11) is 0. The zero-order valence-electron chi connectivity index (χ0n) is 14.0. The summed E-state index contributed by atoms with van der Waals surface area (Å²) in [5, 5.41) is 14.1. The normalized spacial score (nSPS) is 13.7. The highest BCUT2D eigenvalue weighted by Crippen LogP contribution is 2.40. The number of benzene rings is 2. The third kappa shape index (κ3) is 4.40. The predicted octanol–water partition coefficient (Wildman–Crippen LogP) is 4.68. The number of thiophene rings is 1. The Labute approximate surface area is 157 Å². The van der Waals surface area contributed by atoms with Gasteiger partial charge in [0, 0.05) is 39.9 Å². The second-order valence-corrected chi connectivity index (χ2v) is 6.68. The molecule has 0 aliphatic carbocycles. The van der Waals surface area contributed by atoms with Gasteiger partial charge in [0.25, 0.3) is 0 Å². The maximum Gasteiger partial charge on any atom is 0.490 e.